The average Bonchev–Trinajstić information content (AvgIpc) is 2.22. The Bertz CT molecular complexity index is 511. The van der Waals surface area contributed by atoms with Gasteiger partial charge in [-0.05, 0) is 42.8 Å². The van der Waals surface area contributed by atoms with Gasteiger partial charge in [0.25, 0.3) is 0 Å². The molecule has 0 bridgehead atoms. The number of aryl methyl sites for hydroxylation is 1. The monoisotopic (exact) mass is 279 g/mol. The molecule has 0 saturated carbocycles. The fourth-order valence-electron chi connectivity index (χ4n) is 1.47. The summed E-state index contributed by atoms with van der Waals surface area (Å²) < 4.78 is 14.3. The van der Waals surface area contributed by atoms with E-state index in [0.717, 1.165) is 15.7 Å². The topological polar surface area (TPSA) is 12.0 Å². The van der Waals surface area contributed by atoms with E-state index in [1.54, 1.807) is 12.1 Å². The summed E-state index contributed by atoms with van der Waals surface area (Å²) in [5, 5.41) is 3.04. The second-order valence-corrected chi connectivity index (χ2v) is 4.53. The first-order chi connectivity index (χ1) is 7.65. The summed E-state index contributed by atoms with van der Waals surface area (Å²) in [6.07, 6.45) is 0. The minimum atomic E-state index is -0.268. The molecule has 2 aromatic rings. The summed E-state index contributed by atoms with van der Waals surface area (Å²) >= 11 is 3.23. The van der Waals surface area contributed by atoms with Gasteiger partial charge in [-0.2, -0.15) is 0 Å². The van der Waals surface area contributed by atoms with Crippen LogP contribution in [0.3, 0.4) is 0 Å². The van der Waals surface area contributed by atoms with Crippen LogP contribution in [0.5, 0.6) is 0 Å². The molecule has 0 spiro atoms. The number of halogens is 2. The van der Waals surface area contributed by atoms with E-state index in [4.69, 9.17) is 0 Å². The molecule has 0 aliphatic heterocycles. The van der Waals surface area contributed by atoms with E-state index in [2.05, 4.69) is 21.2 Å². The van der Waals surface area contributed by atoms with Gasteiger partial charge in [-0.1, -0.05) is 28.1 Å². The molecule has 0 saturated heterocycles. The highest BCUT2D eigenvalue weighted by Crippen LogP contribution is 2.23. The zero-order chi connectivity index (χ0) is 11.5. The third-order valence-corrected chi connectivity index (χ3v) is 2.72. The van der Waals surface area contributed by atoms with Crippen LogP contribution in [0.25, 0.3) is 0 Å². The maximum absolute atomic E-state index is 13.5. The molecule has 82 valence electrons. The zero-order valence-electron chi connectivity index (χ0n) is 8.80. The summed E-state index contributed by atoms with van der Waals surface area (Å²) in [4.78, 5) is 0. The highest BCUT2D eigenvalue weighted by atomic mass is 79.9. The Labute approximate surface area is 102 Å². The molecule has 16 heavy (non-hydrogen) atoms. The van der Waals surface area contributed by atoms with Gasteiger partial charge in [-0.15, -0.1) is 0 Å². The summed E-state index contributed by atoms with van der Waals surface area (Å²) in [5.41, 5.74) is 2.51. The zero-order valence-corrected chi connectivity index (χ0v) is 10.4. The van der Waals surface area contributed by atoms with Crippen LogP contribution in [0.4, 0.5) is 15.8 Å². The lowest BCUT2D eigenvalue weighted by Crippen LogP contribution is -1.93. The molecule has 0 amide bonds. The number of rotatable bonds is 2. The van der Waals surface area contributed by atoms with Crippen molar-refractivity contribution in [3.05, 3.63) is 58.3 Å². The largest absolute Gasteiger partial charge is 0.353 e. The van der Waals surface area contributed by atoms with Gasteiger partial charge >= 0.3 is 0 Å². The summed E-state index contributed by atoms with van der Waals surface area (Å²) in [5.74, 6) is -0.268. The average molecular weight is 280 g/mol. The SMILES string of the molecule is Cc1cccc(Nc2ccc(Br)cc2F)c1. The first-order valence-electron chi connectivity index (χ1n) is 4.94. The first-order valence-corrected chi connectivity index (χ1v) is 5.73. The molecular weight excluding hydrogens is 269 g/mol. The molecule has 0 aromatic heterocycles. The summed E-state index contributed by atoms with van der Waals surface area (Å²) in [7, 11) is 0. The Balaban J connectivity index is 2.27. The van der Waals surface area contributed by atoms with Crippen LogP contribution >= 0.6 is 15.9 Å². The number of hydrogen-bond acceptors (Lipinski definition) is 1. The minimum absolute atomic E-state index is 0.268. The van der Waals surface area contributed by atoms with Gasteiger partial charge in [-0.25, -0.2) is 4.39 Å². The molecule has 0 unspecified atom stereocenters. The lowest BCUT2D eigenvalue weighted by Gasteiger charge is -2.08. The van der Waals surface area contributed by atoms with Crippen molar-refractivity contribution in [1.29, 1.82) is 0 Å². The van der Waals surface area contributed by atoms with Crippen molar-refractivity contribution >= 4 is 27.3 Å². The standard InChI is InChI=1S/C13H11BrFN/c1-9-3-2-4-11(7-9)16-13-6-5-10(14)8-12(13)15/h2-8,16H,1H3. The Morgan fingerprint density at radius 3 is 2.62 bits per heavy atom. The van der Waals surface area contributed by atoms with Crippen LogP contribution in [-0.2, 0) is 0 Å². The van der Waals surface area contributed by atoms with Crippen molar-refractivity contribution in [2.75, 3.05) is 5.32 Å². The third kappa shape index (κ3) is 2.61. The van der Waals surface area contributed by atoms with E-state index in [1.807, 2.05) is 31.2 Å². The van der Waals surface area contributed by atoms with Crippen molar-refractivity contribution in [3.63, 3.8) is 0 Å². The van der Waals surface area contributed by atoms with E-state index in [-0.39, 0.29) is 5.82 Å². The van der Waals surface area contributed by atoms with Crippen LogP contribution < -0.4 is 5.32 Å². The van der Waals surface area contributed by atoms with Crippen molar-refractivity contribution < 1.29 is 4.39 Å². The second kappa shape index (κ2) is 4.66. The molecule has 0 aliphatic rings. The smallest absolute Gasteiger partial charge is 0.147 e. The number of benzene rings is 2. The molecule has 2 aromatic carbocycles. The van der Waals surface area contributed by atoms with Crippen LogP contribution in [0.2, 0.25) is 0 Å². The fraction of sp³-hybridized carbons (Fsp3) is 0.0769. The second-order valence-electron chi connectivity index (χ2n) is 3.62. The first kappa shape index (κ1) is 11.1. The maximum Gasteiger partial charge on any atom is 0.147 e. The summed E-state index contributed by atoms with van der Waals surface area (Å²) in [6, 6.07) is 12.8. The van der Waals surface area contributed by atoms with Gasteiger partial charge < -0.3 is 5.32 Å². The molecule has 2 rings (SSSR count). The summed E-state index contributed by atoms with van der Waals surface area (Å²) in [6.45, 7) is 2.00. The van der Waals surface area contributed by atoms with Crippen molar-refractivity contribution in [2.24, 2.45) is 0 Å². The van der Waals surface area contributed by atoms with Crippen LogP contribution in [0, 0.1) is 12.7 Å². The third-order valence-electron chi connectivity index (χ3n) is 2.23. The maximum atomic E-state index is 13.5. The Morgan fingerprint density at radius 1 is 1.12 bits per heavy atom. The molecular formula is C13H11BrFN. The van der Waals surface area contributed by atoms with Crippen LogP contribution in [0.15, 0.2) is 46.9 Å². The molecule has 0 radical (unpaired) electrons. The van der Waals surface area contributed by atoms with Gasteiger partial charge in [0.2, 0.25) is 0 Å². The van der Waals surface area contributed by atoms with E-state index in [1.165, 1.54) is 6.07 Å². The molecule has 3 heteroatoms. The quantitative estimate of drug-likeness (QED) is 0.845. The molecule has 0 heterocycles. The predicted octanol–water partition coefficient (Wildman–Crippen LogP) is 4.64. The molecule has 0 fully saturated rings. The van der Waals surface area contributed by atoms with Crippen LogP contribution in [0.1, 0.15) is 5.56 Å². The highest BCUT2D eigenvalue weighted by Gasteiger charge is 2.02. The Kier molecular flexibility index (Phi) is 3.25. The fourth-order valence-corrected chi connectivity index (χ4v) is 1.80. The van der Waals surface area contributed by atoms with E-state index >= 15 is 0 Å². The molecule has 1 N–H and O–H groups in total. The van der Waals surface area contributed by atoms with Gasteiger partial charge in [-0.3, -0.25) is 0 Å². The molecule has 0 atom stereocenters. The van der Waals surface area contributed by atoms with E-state index < -0.39 is 0 Å². The lowest BCUT2D eigenvalue weighted by atomic mass is 10.2. The van der Waals surface area contributed by atoms with Gasteiger partial charge in [0.15, 0.2) is 0 Å². The highest BCUT2D eigenvalue weighted by molar-refractivity contribution is 9.10. The number of hydrogen-bond donors (Lipinski definition) is 1. The Morgan fingerprint density at radius 2 is 1.94 bits per heavy atom. The van der Waals surface area contributed by atoms with Crippen molar-refractivity contribution in [3.8, 4) is 0 Å². The van der Waals surface area contributed by atoms with Crippen molar-refractivity contribution in [2.45, 2.75) is 6.92 Å². The molecule has 0 aliphatic carbocycles. The number of anilines is 2. The Hall–Kier alpha value is -1.35. The van der Waals surface area contributed by atoms with Crippen LogP contribution in [-0.4, -0.2) is 0 Å². The van der Waals surface area contributed by atoms with Gasteiger partial charge in [0.05, 0.1) is 5.69 Å². The lowest BCUT2D eigenvalue weighted by molar-refractivity contribution is 0.631. The van der Waals surface area contributed by atoms with Crippen molar-refractivity contribution in [1.82, 2.24) is 0 Å². The van der Waals surface area contributed by atoms with Gasteiger partial charge in [0, 0.05) is 10.2 Å². The molecule has 1 nitrogen and oxygen atoms in total. The van der Waals surface area contributed by atoms with E-state index in [9.17, 15) is 4.39 Å². The predicted molar refractivity (Wildman–Crippen MR) is 68.6 cm³/mol. The van der Waals surface area contributed by atoms with Gasteiger partial charge in [0.1, 0.15) is 5.82 Å². The number of nitrogens with one attached hydrogen (secondary N) is 1. The minimum Gasteiger partial charge on any atom is -0.353 e. The normalized spacial score (nSPS) is 10.2. The van der Waals surface area contributed by atoms with E-state index in [0.29, 0.717) is 5.69 Å².